The number of aldehydes is 1. The summed E-state index contributed by atoms with van der Waals surface area (Å²) < 4.78 is 0. The second-order valence-corrected chi connectivity index (χ2v) is 5.19. The van der Waals surface area contributed by atoms with Crippen molar-refractivity contribution in [3.8, 4) is 0 Å². The van der Waals surface area contributed by atoms with E-state index in [0.29, 0.717) is 12.0 Å². The first-order valence-corrected chi connectivity index (χ1v) is 6.47. The molecule has 20 heavy (non-hydrogen) atoms. The predicted molar refractivity (Wildman–Crippen MR) is 75.3 cm³/mol. The van der Waals surface area contributed by atoms with Crippen molar-refractivity contribution in [3.63, 3.8) is 0 Å². The molecule has 0 unspecified atom stereocenters. The Hall–Kier alpha value is -2.43. The Labute approximate surface area is 115 Å². The third-order valence-electron chi connectivity index (χ3n) is 3.92. The second-order valence-electron chi connectivity index (χ2n) is 5.19. The summed E-state index contributed by atoms with van der Waals surface area (Å²) in [5.41, 5.74) is 3.41. The lowest BCUT2D eigenvalue weighted by Crippen LogP contribution is -2.31. The van der Waals surface area contributed by atoms with E-state index >= 15 is 0 Å². The number of carbonyl (C=O) groups excluding carboxylic acids is 1. The van der Waals surface area contributed by atoms with E-state index in [9.17, 15) is 14.9 Å². The van der Waals surface area contributed by atoms with Crippen LogP contribution >= 0.6 is 0 Å². The Bertz CT molecular complexity index is 730. The first kappa shape index (κ1) is 12.6. The van der Waals surface area contributed by atoms with Gasteiger partial charge in [-0.1, -0.05) is 18.2 Å². The summed E-state index contributed by atoms with van der Waals surface area (Å²) in [6.45, 7) is 1.68. The van der Waals surface area contributed by atoms with Gasteiger partial charge in [0.25, 0.3) is 0 Å². The maximum absolute atomic E-state index is 11.4. The Morgan fingerprint density at radius 3 is 3.00 bits per heavy atom. The lowest BCUT2D eigenvalue weighted by Gasteiger charge is -2.24. The van der Waals surface area contributed by atoms with Crippen LogP contribution in [0.3, 0.4) is 0 Å². The zero-order valence-corrected chi connectivity index (χ0v) is 11.0. The molecule has 0 aliphatic heterocycles. The van der Waals surface area contributed by atoms with Gasteiger partial charge in [0.1, 0.15) is 6.29 Å². The van der Waals surface area contributed by atoms with Gasteiger partial charge in [-0.2, -0.15) is 0 Å². The van der Waals surface area contributed by atoms with Gasteiger partial charge < -0.3 is 4.98 Å². The molecule has 0 saturated heterocycles. The average molecular weight is 270 g/mol. The largest absolute Gasteiger partial charge is 0.361 e. The second kappa shape index (κ2) is 4.59. The third-order valence-corrected chi connectivity index (χ3v) is 3.92. The number of hydrogen-bond donors (Lipinski definition) is 1. The van der Waals surface area contributed by atoms with E-state index < -0.39 is 6.04 Å². The van der Waals surface area contributed by atoms with Gasteiger partial charge in [0, 0.05) is 28.4 Å². The summed E-state index contributed by atoms with van der Waals surface area (Å²) in [6, 6.07) is 5.03. The number of nitrogens with one attached hydrogen (secondary N) is 1. The molecule has 0 saturated carbocycles. The first-order valence-electron chi connectivity index (χ1n) is 6.47. The molecule has 2 aromatic rings. The minimum absolute atomic E-state index is 0.242. The zero-order chi connectivity index (χ0) is 14.3. The van der Waals surface area contributed by atoms with Crippen LogP contribution in [0.15, 0.2) is 36.0 Å². The van der Waals surface area contributed by atoms with E-state index in [1.165, 1.54) is 0 Å². The van der Waals surface area contributed by atoms with Gasteiger partial charge in [0.15, 0.2) is 0 Å². The number of carbonyl (C=O) groups is 1. The van der Waals surface area contributed by atoms with Gasteiger partial charge in [-0.25, -0.2) is 0 Å². The third kappa shape index (κ3) is 1.82. The number of hydrogen-bond acceptors (Lipinski definition) is 3. The van der Waals surface area contributed by atoms with E-state index in [2.05, 4.69) is 4.98 Å². The van der Waals surface area contributed by atoms with Crippen LogP contribution < -0.4 is 0 Å². The van der Waals surface area contributed by atoms with Crippen molar-refractivity contribution in [2.24, 2.45) is 0 Å². The number of benzene rings is 1. The highest BCUT2D eigenvalue weighted by Crippen LogP contribution is 2.39. The molecule has 1 aliphatic rings. The number of rotatable bonds is 3. The molecular formula is C15H14N2O3. The van der Waals surface area contributed by atoms with Crippen LogP contribution in [-0.4, -0.2) is 22.2 Å². The Morgan fingerprint density at radius 1 is 1.50 bits per heavy atom. The van der Waals surface area contributed by atoms with Crippen LogP contribution in [0.25, 0.3) is 10.9 Å². The fourth-order valence-electron chi connectivity index (χ4n) is 3.01. The van der Waals surface area contributed by atoms with Crippen molar-refractivity contribution in [2.75, 3.05) is 0 Å². The molecule has 0 amide bonds. The van der Waals surface area contributed by atoms with Crippen molar-refractivity contribution in [2.45, 2.75) is 25.3 Å². The number of nitrogens with zero attached hydrogens (tertiary/aromatic N) is 1. The maximum Gasteiger partial charge on any atom is 0.227 e. The lowest BCUT2D eigenvalue weighted by atomic mass is 9.79. The number of H-pyrrole nitrogens is 1. The quantitative estimate of drug-likeness (QED) is 0.403. The summed E-state index contributed by atoms with van der Waals surface area (Å²) >= 11 is 0. The van der Waals surface area contributed by atoms with E-state index in [4.69, 9.17) is 0 Å². The molecule has 1 aromatic carbocycles. The molecule has 0 radical (unpaired) electrons. The predicted octanol–water partition coefficient (Wildman–Crippen LogP) is 2.60. The summed E-state index contributed by atoms with van der Waals surface area (Å²) in [5.74, 6) is -0.359. The highest BCUT2D eigenvalue weighted by atomic mass is 16.6. The van der Waals surface area contributed by atoms with Crippen LogP contribution in [0.4, 0.5) is 0 Å². The summed E-state index contributed by atoms with van der Waals surface area (Å²) in [4.78, 5) is 25.1. The first-order chi connectivity index (χ1) is 9.61. The molecule has 1 aromatic heterocycles. The van der Waals surface area contributed by atoms with Gasteiger partial charge >= 0.3 is 0 Å². The van der Waals surface area contributed by atoms with Gasteiger partial charge in [-0.15, -0.1) is 0 Å². The minimum Gasteiger partial charge on any atom is -0.361 e. The topological polar surface area (TPSA) is 76.0 Å². The van der Waals surface area contributed by atoms with Gasteiger partial charge in [0.05, 0.1) is 5.92 Å². The highest BCUT2D eigenvalue weighted by molar-refractivity contribution is 5.88. The molecule has 0 spiro atoms. The smallest absolute Gasteiger partial charge is 0.227 e. The summed E-state index contributed by atoms with van der Waals surface area (Å²) in [6.07, 6.45) is 4.68. The molecule has 5 nitrogen and oxygen atoms in total. The summed E-state index contributed by atoms with van der Waals surface area (Å²) in [5, 5.41) is 12.4. The monoisotopic (exact) mass is 270 g/mol. The van der Waals surface area contributed by atoms with Crippen molar-refractivity contribution in [1.29, 1.82) is 0 Å². The molecule has 5 heteroatoms. The Balaban J connectivity index is 2.23. The molecule has 3 rings (SSSR count). The van der Waals surface area contributed by atoms with Crippen molar-refractivity contribution in [1.82, 2.24) is 4.98 Å². The summed E-state index contributed by atoms with van der Waals surface area (Å²) in [7, 11) is 0. The van der Waals surface area contributed by atoms with Crippen LogP contribution in [0, 0.1) is 10.1 Å². The molecule has 102 valence electrons. The van der Waals surface area contributed by atoms with Gasteiger partial charge in [-0.3, -0.25) is 14.9 Å². The normalized spacial score (nSPS) is 21.9. The van der Waals surface area contributed by atoms with Crippen LogP contribution in [-0.2, 0) is 11.2 Å². The average Bonchev–Trinajstić information content (AvgIpc) is 2.85. The lowest BCUT2D eigenvalue weighted by molar-refractivity contribution is -0.524. The zero-order valence-electron chi connectivity index (χ0n) is 11.0. The fraction of sp³-hybridized carbons (Fsp3) is 0.267. The van der Waals surface area contributed by atoms with Crippen LogP contribution in [0.2, 0.25) is 0 Å². The molecule has 1 aliphatic carbocycles. The highest BCUT2D eigenvalue weighted by Gasteiger charge is 2.37. The molecule has 0 fully saturated rings. The van der Waals surface area contributed by atoms with E-state index in [0.717, 1.165) is 28.3 Å². The fourth-order valence-corrected chi connectivity index (χ4v) is 3.01. The van der Waals surface area contributed by atoms with E-state index in [1.807, 2.05) is 24.4 Å². The van der Waals surface area contributed by atoms with Crippen molar-refractivity contribution in [3.05, 3.63) is 57.3 Å². The number of allylic oxidation sites excluding steroid dienone is 1. The number of aromatic amines is 1. The van der Waals surface area contributed by atoms with Gasteiger partial charge in [0.2, 0.25) is 6.04 Å². The molecular weight excluding hydrogens is 256 g/mol. The van der Waals surface area contributed by atoms with Crippen molar-refractivity contribution < 1.29 is 9.72 Å². The molecule has 1 N–H and O–H groups in total. The Kier molecular flexibility index (Phi) is 2.89. The van der Waals surface area contributed by atoms with E-state index in [1.54, 1.807) is 13.0 Å². The van der Waals surface area contributed by atoms with E-state index in [-0.39, 0.29) is 10.8 Å². The number of nitro groups is 1. The number of aromatic nitrogens is 1. The minimum atomic E-state index is -0.723. The Morgan fingerprint density at radius 2 is 2.30 bits per heavy atom. The molecule has 2 atom stereocenters. The standard InChI is InChI=1S/C15H14N2O3/c1-9(8-18)5-12-11-3-2-4-13-15(11)10(7-16-13)6-14(12)17(19)20/h2-5,7-8,12,14,16H,6H2,1H3/b9-5+/t12-,14-/m1/s1. The molecule has 1 heterocycles. The molecule has 0 bridgehead atoms. The van der Waals surface area contributed by atoms with Crippen LogP contribution in [0.5, 0.6) is 0 Å². The van der Waals surface area contributed by atoms with Crippen molar-refractivity contribution >= 4 is 17.2 Å². The SMILES string of the molecule is C/C(C=O)=C\[C@@H]1c2cccc3[nH]cc(c23)C[C@H]1[N+](=O)[O-]. The maximum atomic E-state index is 11.4. The van der Waals surface area contributed by atoms with Gasteiger partial charge in [-0.05, 0) is 29.7 Å². The van der Waals surface area contributed by atoms with Crippen LogP contribution in [0.1, 0.15) is 24.0 Å².